The van der Waals surface area contributed by atoms with Crippen molar-refractivity contribution in [3.8, 4) is 5.75 Å². The molecule has 0 aliphatic carbocycles. The Labute approximate surface area is 179 Å². The van der Waals surface area contributed by atoms with E-state index in [1.54, 1.807) is 18.0 Å². The van der Waals surface area contributed by atoms with Crippen molar-refractivity contribution in [1.29, 1.82) is 0 Å². The highest BCUT2D eigenvalue weighted by atomic mass is 16.5. The van der Waals surface area contributed by atoms with Crippen LogP contribution in [-0.2, 0) is 13.1 Å². The summed E-state index contributed by atoms with van der Waals surface area (Å²) in [6.07, 6.45) is 1.63. The standard InChI is InChI=1S/C24H23N5O2/c1-15(2)12-28-14-25-22-20(24(28)30)21-23(27-19-7-5-4-6-18(19)26-21)29(22)13-16-8-10-17(31-3)11-9-16/h4-11,14-15H,12-13H2,1-3H3. The number of methoxy groups -OCH3 is 1. The van der Waals surface area contributed by atoms with Crippen LogP contribution in [0.2, 0.25) is 0 Å². The second-order valence-corrected chi connectivity index (χ2v) is 8.11. The van der Waals surface area contributed by atoms with Crippen molar-refractivity contribution in [3.05, 3.63) is 70.8 Å². The first-order valence-electron chi connectivity index (χ1n) is 10.3. The molecule has 0 amide bonds. The summed E-state index contributed by atoms with van der Waals surface area (Å²) in [7, 11) is 1.65. The number of benzene rings is 2. The first kappa shape index (κ1) is 19.2. The number of fused-ring (bicyclic) bond motifs is 4. The smallest absolute Gasteiger partial charge is 0.265 e. The van der Waals surface area contributed by atoms with Gasteiger partial charge in [-0.1, -0.05) is 38.1 Å². The molecule has 31 heavy (non-hydrogen) atoms. The zero-order valence-corrected chi connectivity index (χ0v) is 17.7. The highest BCUT2D eigenvalue weighted by molar-refractivity contribution is 6.04. The molecule has 156 valence electrons. The monoisotopic (exact) mass is 413 g/mol. The van der Waals surface area contributed by atoms with E-state index in [1.165, 1.54) is 0 Å². The van der Waals surface area contributed by atoms with Gasteiger partial charge < -0.3 is 9.30 Å². The van der Waals surface area contributed by atoms with Crippen LogP contribution in [0.4, 0.5) is 0 Å². The largest absolute Gasteiger partial charge is 0.497 e. The molecule has 7 heteroatoms. The summed E-state index contributed by atoms with van der Waals surface area (Å²) in [5.74, 6) is 1.13. The van der Waals surface area contributed by atoms with Crippen molar-refractivity contribution in [2.24, 2.45) is 5.92 Å². The lowest BCUT2D eigenvalue weighted by atomic mass is 10.2. The molecule has 0 radical (unpaired) electrons. The third kappa shape index (κ3) is 3.32. The number of ether oxygens (including phenoxy) is 1. The fourth-order valence-electron chi connectivity index (χ4n) is 3.93. The quantitative estimate of drug-likeness (QED) is 0.435. The highest BCUT2D eigenvalue weighted by Crippen LogP contribution is 2.26. The summed E-state index contributed by atoms with van der Waals surface area (Å²) >= 11 is 0. The van der Waals surface area contributed by atoms with E-state index < -0.39 is 0 Å². The Hall–Kier alpha value is -3.74. The lowest BCUT2D eigenvalue weighted by Gasteiger charge is -2.09. The summed E-state index contributed by atoms with van der Waals surface area (Å²) in [5.41, 5.74) is 4.39. The van der Waals surface area contributed by atoms with E-state index in [4.69, 9.17) is 14.7 Å². The molecular weight excluding hydrogens is 390 g/mol. The van der Waals surface area contributed by atoms with Crippen LogP contribution >= 0.6 is 0 Å². The number of nitrogens with zero attached hydrogens (tertiary/aromatic N) is 5. The molecular formula is C24H23N5O2. The van der Waals surface area contributed by atoms with Gasteiger partial charge in [0.25, 0.3) is 5.56 Å². The third-order valence-corrected chi connectivity index (χ3v) is 5.38. The minimum absolute atomic E-state index is 0.0817. The topological polar surface area (TPSA) is 74.8 Å². The molecule has 0 atom stereocenters. The fraction of sp³-hybridized carbons (Fsp3) is 0.250. The van der Waals surface area contributed by atoms with Crippen molar-refractivity contribution in [3.63, 3.8) is 0 Å². The second-order valence-electron chi connectivity index (χ2n) is 8.11. The van der Waals surface area contributed by atoms with E-state index in [0.717, 1.165) is 22.3 Å². The van der Waals surface area contributed by atoms with Crippen LogP contribution in [-0.4, -0.2) is 31.2 Å². The SMILES string of the molecule is COc1ccc(Cn2c3nc4ccccc4nc3c3c(=O)n(CC(C)C)cnc32)cc1. The van der Waals surface area contributed by atoms with Crippen LogP contribution in [0.5, 0.6) is 5.75 Å². The van der Waals surface area contributed by atoms with Gasteiger partial charge in [0.15, 0.2) is 11.3 Å². The number of hydrogen-bond donors (Lipinski definition) is 0. The van der Waals surface area contributed by atoms with Gasteiger partial charge in [-0.25, -0.2) is 15.0 Å². The summed E-state index contributed by atoms with van der Waals surface area (Å²) < 4.78 is 8.91. The van der Waals surface area contributed by atoms with Gasteiger partial charge in [0.05, 0.1) is 31.0 Å². The van der Waals surface area contributed by atoms with Crippen LogP contribution in [0, 0.1) is 5.92 Å². The first-order valence-corrected chi connectivity index (χ1v) is 10.3. The Morgan fingerprint density at radius 1 is 0.968 bits per heavy atom. The molecule has 0 bridgehead atoms. The number of aromatic nitrogens is 5. The predicted octanol–water partition coefficient (Wildman–Crippen LogP) is 4.01. The van der Waals surface area contributed by atoms with Crippen LogP contribution in [0.3, 0.4) is 0 Å². The highest BCUT2D eigenvalue weighted by Gasteiger charge is 2.20. The van der Waals surface area contributed by atoms with Gasteiger partial charge in [0.1, 0.15) is 16.7 Å². The fourth-order valence-corrected chi connectivity index (χ4v) is 3.93. The normalized spacial score (nSPS) is 11.7. The van der Waals surface area contributed by atoms with Crippen molar-refractivity contribution >= 4 is 33.2 Å². The molecule has 0 saturated heterocycles. The van der Waals surface area contributed by atoms with Crippen LogP contribution in [0.15, 0.2) is 59.7 Å². The Bertz CT molecular complexity index is 1470. The minimum atomic E-state index is -0.0817. The van der Waals surface area contributed by atoms with Gasteiger partial charge in [-0.2, -0.15) is 0 Å². The molecule has 3 heterocycles. The van der Waals surface area contributed by atoms with Crippen LogP contribution < -0.4 is 10.3 Å². The van der Waals surface area contributed by atoms with Gasteiger partial charge in [-0.05, 0) is 35.7 Å². The average molecular weight is 413 g/mol. The summed E-state index contributed by atoms with van der Waals surface area (Å²) in [6.45, 7) is 5.29. The van der Waals surface area contributed by atoms with E-state index in [1.807, 2.05) is 53.1 Å². The van der Waals surface area contributed by atoms with Gasteiger partial charge >= 0.3 is 0 Å². The van der Waals surface area contributed by atoms with Gasteiger partial charge in [-0.3, -0.25) is 9.36 Å². The third-order valence-electron chi connectivity index (χ3n) is 5.38. The van der Waals surface area contributed by atoms with Gasteiger partial charge in [-0.15, -0.1) is 0 Å². The predicted molar refractivity (Wildman–Crippen MR) is 122 cm³/mol. The van der Waals surface area contributed by atoms with Crippen molar-refractivity contribution in [2.45, 2.75) is 26.9 Å². The first-order chi connectivity index (χ1) is 15.0. The number of rotatable bonds is 5. The average Bonchev–Trinajstić information content (AvgIpc) is 3.07. The molecule has 0 aliphatic heterocycles. The molecule has 0 unspecified atom stereocenters. The van der Waals surface area contributed by atoms with E-state index in [-0.39, 0.29) is 5.56 Å². The molecule has 7 nitrogen and oxygen atoms in total. The maximum absolute atomic E-state index is 13.4. The number of para-hydroxylation sites is 2. The van der Waals surface area contributed by atoms with Gasteiger partial charge in [0.2, 0.25) is 0 Å². The Balaban J connectivity index is 1.79. The number of hydrogen-bond acceptors (Lipinski definition) is 5. The molecule has 0 N–H and O–H groups in total. The van der Waals surface area contributed by atoms with E-state index in [2.05, 4.69) is 18.8 Å². The zero-order chi connectivity index (χ0) is 21.5. The minimum Gasteiger partial charge on any atom is -0.497 e. The molecule has 0 saturated carbocycles. The molecule has 2 aromatic carbocycles. The van der Waals surface area contributed by atoms with Crippen LogP contribution in [0.25, 0.3) is 33.2 Å². The summed E-state index contributed by atoms with van der Waals surface area (Å²) in [6, 6.07) is 15.6. The molecule has 3 aromatic heterocycles. The van der Waals surface area contributed by atoms with Crippen molar-refractivity contribution in [1.82, 2.24) is 24.1 Å². The van der Waals surface area contributed by atoms with E-state index in [9.17, 15) is 4.79 Å². The maximum atomic E-state index is 13.4. The maximum Gasteiger partial charge on any atom is 0.265 e. The molecule has 5 rings (SSSR count). The molecule has 5 aromatic rings. The zero-order valence-electron chi connectivity index (χ0n) is 17.7. The molecule has 0 spiro atoms. The lowest BCUT2D eigenvalue weighted by Crippen LogP contribution is -2.23. The van der Waals surface area contributed by atoms with Crippen molar-refractivity contribution in [2.75, 3.05) is 7.11 Å². The van der Waals surface area contributed by atoms with E-state index in [0.29, 0.717) is 41.2 Å². The van der Waals surface area contributed by atoms with Gasteiger partial charge in [0, 0.05) is 6.54 Å². The van der Waals surface area contributed by atoms with Crippen LogP contribution in [0.1, 0.15) is 19.4 Å². The Kier molecular flexibility index (Phi) is 4.66. The Morgan fingerprint density at radius 3 is 2.35 bits per heavy atom. The summed E-state index contributed by atoms with van der Waals surface area (Å²) in [5, 5.41) is 0.518. The lowest BCUT2D eigenvalue weighted by molar-refractivity contribution is 0.414. The second kappa shape index (κ2) is 7.50. The summed E-state index contributed by atoms with van der Waals surface area (Å²) in [4.78, 5) is 27.7. The van der Waals surface area contributed by atoms with E-state index >= 15 is 0 Å². The molecule has 0 fully saturated rings. The Morgan fingerprint density at radius 2 is 1.68 bits per heavy atom. The van der Waals surface area contributed by atoms with Crippen molar-refractivity contribution < 1.29 is 4.74 Å². The molecule has 0 aliphatic rings.